The highest BCUT2D eigenvalue weighted by Crippen LogP contribution is 2.31. The molecule has 1 aliphatic carbocycles. The minimum Gasteiger partial charge on any atom is -0.373 e. The topological polar surface area (TPSA) is 54.0 Å². The van der Waals surface area contributed by atoms with E-state index in [1.54, 1.807) is 6.07 Å². The van der Waals surface area contributed by atoms with Gasteiger partial charge in [-0.3, -0.25) is 4.79 Å². The number of rotatable bonds is 6. The molecule has 0 spiro atoms. The van der Waals surface area contributed by atoms with Crippen molar-refractivity contribution in [1.82, 2.24) is 10.3 Å². The lowest BCUT2D eigenvalue weighted by molar-refractivity contribution is 0.0952. The van der Waals surface area contributed by atoms with E-state index in [2.05, 4.69) is 29.5 Å². The van der Waals surface area contributed by atoms with Crippen LogP contribution in [0.15, 0.2) is 12.1 Å². The third-order valence-corrected chi connectivity index (χ3v) is 3.49. The van der Waals surface area contributed by atoms with Gasteiger partial charge < -0.3 is 10.6 Å². The molecule has 1 aromatic rings. The summed E-state index contributed by atoms with van der Waals surface area (Å²) in [5.74, 6) is 1.91. The molecule has 1 saturated carbocycles. The van der Waals surface area contributed by atoms with Crippen LogP contribution in [0.5, 0.6) is 0 Å². The van der Waals surface area contributed by atoms with E-state index in [-0.39, 0.29) is 5.91 Å². The Labute approximate surface area is 115 Å². The third-order valence-electron chi connectivity index (χ3n) is 3.49. The number of anilines is 1. The molecule has 1 heterocycles. The lowest BCUT2D eigenvalue weighted by Gasteiger charge is -2.11. The number of nitrogens with zero attached hydrogens (tertiary/aromatic N) is 1. The summed E-state index contributed by atoms with van der Waals surface area (Å²) in [5, 5.41) is 6.00. The predicted molar refractivity (Wildman–Crippen MR) is 77.5 cm³/mol. The summed E-state index contributed by atoms with van der Waals surface area (Å²) in [4.78, 5) is 16.6. The highest BCUT2D eigenvalue weighted by Gasteiger charge is 2.20. The summed E-state index contributed by atoms with van der Waals surface area (Å²) < 4.78 is 0. The van der Waals surface area contributed by atoms with Crippen molar-refractivity contribution in [3.8, 4) is 0 Å². The molecule has 2 N–H and O–H groups in total. The molecule has 0 bridgehead atoms. The third kappa shape index (κ3) is 3.94. The van der Waals surface area contributed by atoms with Gasteiger partial charge in [0.1, 0.15) is 5.82 Å². The molecular weight excluding hydrogens is 238 g/mol. The molecule has 19 heavy (non-hydrogen) atoms. The van der Waals surface area contributed by atoms with Crippen molar-refractivity contribution in [3.63, 3.8) is 0 Å². The Bertz CT molecular complexity index is 453. The number of nitrogens with one attached hydrogen (secondary N) is 2. The van der Waals surface area contributed by atoms with Gasteiger partial charge in [0.15, 0.2) is 0 Å². The normalized spacial score (nSPS) is 14.5. The van der Waals surface area contributed by atoms with E-state index >= 15 is 0 Å². The molecule has 4 heteroatoms. The zero-order chi connectivity index (χ0) is 13.8. The first-order valence-electron chi connectivity index (χ1n) is 7.08. The maximum absolute atomic E-state index is 12.1. The fraction of sp³-hybridized carbons (Fsp3) is 0.600. The van der Waals surface area contributed by atoms with E-state index in [9.17, 15) is 4.79 Å². The van der Waals surface area contributed by atoms with Crippen LogP contribution in [0.3, 0.4) is 0 Å². The van der Waals surface area contributed by atoms with Gasteiger partial charge in [-0.2, -0.15) is 0 Å². The van der Waals surface area contributed by atoms with Crippen LogP contribution in [0.2, 0.25) is 0 Å². The minimum absolute atomic E-state index is 0.00134. The zero-order valence-corrected chi connectivity index (χ0v) is 12.0. The maximum Gasteiger partial charge on any atom is 0.251 e. The fourth-order valence-corrected chi connectivity index (χ4v) is 2.01. The van der Waals surface area contributed by atoms with Crippen LogP contribution in [0.1, 0.15) is 55.1 Å². The van der Waals surface area contributed by atoms with E-state index < -0.39 is 0 Å². The first kappa shape index (κ1) is 13.8. The Morgan fingerprint density at radius 1 is 1.42 bits per heavy atom. The Balaban J connectivity index is 2.03. The molecule has 1 amide bonds. The number of carbonyl (C=O) groups is 1. The van der Waals surface area contributed by atoms with E-state index in [4.69, 9.17) is 0 Å². The molecule has 0 unspecified atom stereocenters. The molecule has 1 aromatic heterocycles. The van der Waals surface area contributed by atoms with Gasteiger partial charge in [0.05, 0.1) is 0 Å². The highest BCUT2D eigenvalue weighted by atomic mass is 16.1. The average Bonchev–Trinajstić information content (AvgIpc) is 3.22. The van der Waals surface area contributed by atoms with Gasteiger partial charge >= 0.3 is 0 Å². The first-order valence-corrected chi connectivity index (χ1v) is 7.08. The van der Waals surface area contributed by atoms with Crippen molar-refractivity contribution < 1.29 is 4.79 Å². The Hall–Kier alpha value is -1.58. The van der Waals surface area contributed by atoms with Crippen molar-refractivity contribution in [2.75, 3.05) is 18.9 Å². The number of pyridine rings is 1. The van der Waals surface area contributed by atoms with E-state index in [0.717, 1.165) is 30.4 Å². The SMILES string of the molecule is CNc1cc(C(=O)NCCC2CC2)cc(C(C)C)n1. The Morgan fingerprint density at radius 2 is 2.16 bits per heavy atom. The van der Waals surface area contributed by atoms with Gasteiger partial charge in [-0.25, -0.2) is 4.98 Å². The molecular formula is C15H23N3O. The van der Waals surface area contributed by atoms with Crippen molar-refractivity contribution in [3.05, 3.63) is 23.4 Å². The minimum atomic E-state index is 0.00134. The van der Waals surface area contributed by atoms with Crippen molar-refractivity contribution in [2.45, 2.75) is 39.0 Å². The largest absolute Gasteiger partial charge is 0.373 e. The highest BCUT2D eigenvalue weighted by molar-refractivity contribution is 5.95. The number of carbonyl (C=O) groups excluding carboxylic acids is 1. The number of hydrogen-bond acceptors (Lipinski definition) is 3. The molecule has 0 radical (unpaired) electrons. The van der Waals surface area contributed by atoms with E-state index in [1.807, 2.05) is 13.1 Å². The summed E-state index contributed by atoms with van der Waals surface area (Å²) in [6.07, 6.45) is 3.76. The van der Waals surface area contributed by atoms with Gasteiger partial charge in [0.2, 0.25) is 0 Å². The van der Waals surface area contributed by atoms with Gasteiger partial charge in [-0.15, -0.1) is 0 Å². The Morgan fingerprint density at radius 3 is 2.74 bits per heavy atom. The van der Waals surface area contributed by atoms with Crippen LogP contribution in [0.4, 0.5) is 5.82 Å². The zero-order valence-electron chi connectivity index (χ0n) is 12.0. The Kier molecular flexibility index (Phi) is 4.40. The second-order valence-corrected chi connectivity index (χ2v) is 5.56. The summed E-state index contributed by atoms with van der Waals surface area (Å²) >= 11 is 0. The van der Waals surface area contributed by atoms with Crippen LogP contribution in [-0.2, 0) is 0 Å². The first-order chi connectivity index (χ1) is 9.10. The number of amides is 1. The van der Waals surface area contributed by atoms with Crippen molar-refractivity contribution >= 4 is 11.7 Å². The molecule has 4 nitrogen and oxygen atoms in total. The quantitative estimate of drug-likeness (QED) is 0.828. The van der Waals surface area contributed by atoms with Gasteiger partial charge in [0, 0.05) is 24.8 Å². The molecule has 0 saturated heterocycles. The summed E-state index contributed by atoms with van der Waals surface area (Å²) in [7, 11) is 1.82. The second kappa shape index (κ2) is 6.04. The molecule has 1 aliphatic rings. The summed E-state index contributed by atoms with van der Waals surface area (Å²) in [6, 6.07) is 3.69. The lowest BCUT2D eigenvalue weighted by atomic mass is 10.1. The number of aromatic nitrogens is 1. The van der Waals surface area contributed by atoms with Crippen LogP contribution in [0, 0.1) is 5.92 Å². The maximum atomic E-state index is 12.1. The standard InChI is InChI=1S/C15H23N3O/c1-10(2)13-8-12(9-14(16-3)18-13)15(19)17-7-6-11-4-5-11/h8-11H,4-7H2,1-3H3,(H,16,18)(H,17,19). The van der Waals surface area contributed by atoms with Crippen molar-refractivity contribution in [1.29, 1.82) is 0 Å². The van der Waals surface area contributed by atoms with E-state index in [0.29, 0.717) is 11.5 Å². The molecule has 0 atom stereocenters. The fourth-order valence-electron chi connectivity index (χ4n) is 2.01. The summed E-state index contributed by atoms with van der Waals surface area (Å²) in [6.45, 7) is 4.94. The molecule has 0 aromatic carbocycles. The van der Waals surface area contributed by atoms with Gasteiger partial charge in [-0.1, -0.05) is 26.7 Å². The molecule has 1 fully saturated rings. The van der Waals surface area contributed by atoms with Crippen LogP contribution in [-0.4, -0.2) is 24.5 Å². The average molecular weight is 261 g/mol. The van der Waals surface area contributed by atoms with Gasteiger partial charge in [0.25, 0.3) is 5.91 Å². The van der Waals surface area contributed by atoms with Crippen LogP contribution < -0.4 is 10.6 Å². The second-order valence-electron chi connectivity index (χ2n) is 5.56. The lowest BCUT2D eigenvalue weighted by Crippen LogP contribution is -2.25. The molecule has 0 aliphatic heterocycles. The smallest absolute Gasteiger partial charge is 0.251 e. The van der Waals surface area contributed by atoms with E-state index in [1.165, 1.54) is 12.8 Å². The molecule has 2 rings (SSSR count). The number of hydrogen-bond donors (Lipinski definition) is 2. The molecule has 104 valence electrons. The predicted octanol–water partition coefficient (Wildman–Crippen LogP) is 2.78. The summed E-state index contributed by atoms with van der Waals surface area (Å²) in [5.41, 5.74) is 1.64. The van der Waals surface area contributed by atoms with Crippen LogP contribution in [0.25, 0.3) is 0 Å². The monoisotopic (exact) mass is 261 g/mol. The van der Waals surface area contributed by atoms with Crippen molar-refractivity contribution in [2.24, 2.45) is 5.92 Å². The van der Waals surface area contributed by atoms with Crippen LogP contribution >= 0.6 is 0 Å². The van der Waals surface area contributed by atoms with Gasteiger partial charge in [-0.05, 0) is 30.4 Å².